The maximum absolute atomic E-state index is 6.12. The fraction of sp³-hybridized carbons (Fsp3) is 0.160. The summed E-state index contributed by atoms with van der Waals surface area (Å²) in [6.07, 6.45) is 0. The maximum atomic E-state index is 6.12. The molecule has 2 N–H and O–H groups in total. The van der Waals surface area contributed by atoms with Crippen molar-refractivity contribution in [3.63, 3.8) is 0 Å². The van der Waals surface area contributed by atoms with Crippen molar-refractivity contribution in [2.24, 2.45) is 5.73 Å². The molecule has 3 aromatic carbocycles. The molecule has 152 valence electrons. The predicted octanol–water partition coefficient (Wildman–Crippen LogP) is 4.96. The molecule has 1 heterocycles. The fourth-order valence-corrected chi connectivity index (χ4v) is 3.49. The van der Waals surface area contributed by atoms with Crippen LogP contribution in [0.5, 0.6) is 17.2 Å². The van der Waals surface area contributed by atoms with Crippen LogP contribution in [0.4, 0.5) is 0 Å². The van der Waals surface area contributed by atoms with Crippen LogP contribution in [0.2, 0.25) is 0 Å². The first-order valence-electron chi connectivity index (χ1n) is 9.75. The monoisotopic (exact) mass is 400 g/mol. The molecule has 5 nitrogen and oxygen atoms in total. The van der Waals surface area contributed by atoms with Gasteiger partial charge in [0, 0.05) is 17.5 Å². The van der Waals surface area contributed by atoms with E-state index in [4.69, 9.17) is 24.9 Å². The van der Waals surface area contributed by atoms with E-state index in [-0.39, 0.29) is 0 Å². The molecule has 0 bridgehead atoms. The molecule has 0 atom stereocenters. The number of methoxy groups -OCH3 is 2. The second kappa shape index (κ2) is 8.84. The van der Waals surface area contributed by atoms with Gasteiger partial charge < -0.3 is 19.9 Å². The smallest absolute Gasteiger partial charge is 0.203 e. The van der Waals surface area contributed by atoms with Crippen molar-refractivity contribution in [2.45, 2.75) is 13.2 Å². The SMILES string of the molecule is COc1cc(-c2cc3ccccc3nc2CN)cc(OCc2ccccc2)c1OC. The molecule has 0 spiro atoms. The van der Waals surface area contributed by atoms with Crippen molar-refractivity contribution in [3.8, 4) is 28.4 Å². The molecule has 4 aromatic rings. The summed E-state index contributed by atoms with van der Waals surface area (Å²) in [5.41, 5.74) is 10.7. The average molecular weight is 400 g/mol. The number of nitrogens with two attached hydrogens (primary N) is 1. The molecule has 0 fully saturated rings. The summed E-state index contributed by atoms with van der Waals surface area (Å²) in [6.45, 7) is 0.748. The van der Waals surface area contributed by atoms with Gasteiger partial charge in [0.05, 0.1) is 25.4 Å². The summed E-state index contributed by atoms with van der Waals surface area (Å²) in [5.74, 6) is 1.75. The number of aromatic nitrogens is 1. The standard InChI is InChI=1S/C25H24N2O3/c1-28-23-13-19(20-12-18-10-6-7-11-21(18)27-22(20)15-26)14-24(25(23)29-2)30-16-17-8-4-3-5-9-17/h3-14H,15-16,26H2,1-2H3. The highest BCUT2D eigenvalue weighted by atomic mass is 16.5. The van der Waals surface area contributed by atoms with Crippen LogP contribution in [-0.4, -0.2) is 19.2 Å². The van der Waals surface area contributed by atoms with Gasteiger partial charge in [-0.2, -0.15) is 0 Å². The minimum atomic E-state index is 0.328. The zero-order valence-electron chi connectivity index (χ0n) is 17.1. The van der Waals surface area contributed by atoms with Crippen LogP contribution in [0.25, 0.3) is 22.0 Å². The van der Waals surface area contributed by atoms with Crippen molar-refractivity contribution < 1.29 is 14.2 Å². The molecule has 0 aliphatic carbocycles. The van der Waals surface area contributed by atoms with Crippen molar-refractivity contribution >= 4 is 10.9 Å². The lowest BCUT2D eigenvalue weighted by Gasteiger charge is -2.17. The Kier molecular flexibility index (Phi) is 5.82. The number of benzene rings is 3. The van der Waals surface area contributed by atoms with Crippen molar-refractivity contribution in [2.75, 3.05) is 14.2 Å². The van der Waals surface area contributed by atoms with E-state index in [1.165, 1.54) is 0 Å². The third kappa shape index (κ3) is 3.93. The molecule has 30 heavy (non-hydrogen) atoms. The zero-order chi connectivity index (χ0) is 20.9. The van der Waals surface area contributed by atoms with Gasteiger partial charge in [-0.25, -0.2) is 0 Å². The molecule has 1 aromatic heterocycles. The lowest BCUT2D eigenvalue weighted by Crippen LogP contribution is -2.04. The van der Waals surface area contributed by atoms with Crippen LogP contribution in [0.3, 0.4) is 0 Å². The summed E-state index contributed by atoms with van der Waals surface area (Å²) in [6, 6.07) is 24.0. The Balaban J connectivity index is 1.81. The van der Waals surface area contributed by atoms with Crippen LogP contribution in [0.1, 0.15) is 11.3 Å². The zero-order valence-corrected chi connectivity index (χ0v) is 17.1. The number of pyridine rings is 1. The summed E-state index contributed by atoms with van der Waals surface area (Å²) in [5, 5.41) is 1.05. The highest BCUT2D eigenvalue weighted by Crippen LogP contribution is 2.42. The highest BCUT2D eigenvalue weighted by molar-refractivity contribution is 5.86. The Bertz CT molecular complexity index is 1160. The summed E-state index contributed by atoms with van der Waals surface area (Å²) >= 11 is 0. The third-order valence-corrected chi connectivity index (χ3v) is 4.99. The van der Waals surface area contributed by atoms with Gasteiger partial charge in [0.15, 0.2) is 11.5 Å². The van der Waals surface area contributed by atoms with Gasteiger partial charge in [0.1, 0.15) is 6.61 Å². The first-order chi connectivity index (χ1) is 14.7. The number of hydrogen-bond donors (Lipinski definition) is 1. The minimum absolute atomic E-state index is 0.328. The van der Waals surface area contributed by atoms with Crippen LogP contribution in [-0.2, 0) is 13.2 Å². The first-order valence-corrected chi connectivity index (χ1v) is 9.75. The Morgan fingerprint density at radius 3 is 2.30 bits per heavy atom. The summed E-state index contributed by atoms with van der Waals surface area (Å²) in [4.78, 5) is 4.75. The van der Waals surface area contributed by atoms with Crippen LogP contribution in [0.15, 0.2) is 72.8 Å². The Morgan fingerprint density at radius 2 is 1.57 bits per heavy atom. The first kappa shape index (κ1) is 19.7. The van der Waals surface area contributed by atoms with Crippen LogP contribution < -0.4 is 19.9 Å². The number of nitrogens with zero attached hydrogens (tertiary/aromatic N) is 1. The Labute approximate surface area is 176 Å². The van der Waals surface area contributed by atoms with Crippen LogP contribution in [0, 0.1) is 0 Å². The molecule has 0 saturated carbocycles. The fourth-order valence-electron chi connectivity index (χ4n) is 3.49. The van der Waals surface area contributed by atoms with Gasteiger partial charge in [-0.1, -0.05) is 48.5 Å². The van der Waals surface area contributed by atoms with Gasteiger partial charge in [-0.3, -0.25) is 4.98 Å². The minimum Gasteiger partial charge on any atom is -0.493 e. The average Bonchev–Trinajstić information content (AvgIpc) is 2.81. The topological polar surface area (TPSA) is 66.6 Å². The van der Waals surface area contributed by atoms with Crippen molar-refractivity contribution in [3.05, 3.63) is 84.1 Å². The number of fused-ring (bicyclic) bond motifs is 1. The summed E-state index contributed by atoms with van der Waals surface area (Å²) < 4.78 is 17.3. The number of para-hydroxylation sites is 1. The van der Waals surface area contributed by atoms with Gasteiger partial charge in [0.25, 0.3) is 0 Å². The lowest BCUT2D eigenvalue weighted by molar-refractivity contribution is 0.275. The summed E-state index contributed by atoms with van der Waals surface area (Å²) in [7, 11) is 3.22. The Morgan fingerprint density at radius 1 is 0.833 bits per heavy atom. The second-order valence-corrected chi connectivity index (χ2v) is 6.86. The lowest BCUT2D eigenvalue weighted by atomic mass is 10.00. The molecule has 0 aliphatic rings. The van der Waals surface area contributed by atoms with E-state index in [1.807, 2.05) is 66.7 Å². The van der Waals surface area contributed by atoms with E-state index in [9.17, 15) is 0 Å². The molecule has 5 heteroatoms. The molecular weight excluding hydrogens is 376 g/mol. The van der Waals surface area contributed by atoms with E-state index < -0.39 is 0 Å². The quantitative estimate of drug-likeness (QED) is 0.475. The van der Waals surface area contributed by atoms with E-state index >= 15 is 0 Å². The molecule has 0 aliphatic heterocycles. The van der Waals surface area contributed by atoms with E-state index in [2.05, 4.69) is 6.07 Å². The van der Waals surface area contributed by atoms with Crippen molar-refractivity contribution in [1.82, 2.24) is 4.98 Å². The number of rotatable bonds is 7. The maximum Gasteiger partial charge on any atom is 0.203 e. The van der Waals surface area contributed by atoms with E-state index in [1.54, 1.807) is 14.2 Å². The van der Waals surface area contributed by atoms with Gasteiger partial charge in [0.2, 0.25) is 5.75 Å². The van der Waals surface area contributed by atoms with Gasteiger partial charge in [-0.15, -0.1) is 0 Å². The van der Waals surface area contributed by atoms with Gasteiger partial charge >= 0.3 is 0 Å². The molecular formula is C25H24N2O3. The molecule has 0 saturated heterocycles. The number of hydrogen-bond acceptors (Lipinski definition) is 5. The predicted molar refractivity (Wildman–Crippen MR) is 119 cm³/mol. The van der Waals surface area contributed by atoms with Crippen LogP contribution >= 0.6 is 0 Å². The molecule has 0 amide bonds. The van der Waals surface area contributed by atoms with E-state index in [0.717, 1.165) is 33.3 Å². The Hall–Kier alpha value is -3.57. The molecule has 0 unspecified atom stereocenters. The van der Waals surface area contributed by atoms with Gasteiger partial charge in [-0.05, 0) is 35.4 Å². The number of ether oxygens (including phenoxy) is 3. The molecule has 0 radical (unpaired) electrons. The molecule has 4 rings (SSSR count). The third-order valence-electron chi connectivity index (χ3n) is 4.99. The second-order valence-electron chi connectivity index (χ2n) is 6.86. The normalized spacial score (nSPS) is 10.8. The largest absolute Gasteiger partial charge is 0.493 e. The van der Waals surface area contributed by atoms with E-state index in [0.29, 0.717) is 30.4 Å². The van der Waals surface area contributed by atoms with Crippen molar-refractivity contribution in [1.29, 1.82) is 0 Å². The highest BCUT2D eigenvalue weighted by Gasteiger charge is 2.17.